The molecule has 2 heteroatoms. The first-order valence-corrected chi connectivity index (χ1v) is 6.46. The summed E-state index contributed by atoms with van der Waals surface area (Å²) in [5.74, 6) is 0.176. The molecule has 1 rings (SSSR count). The molecule has 17 heavy (non-hydrogen) atoms. The quantitative estimate of drug-likeness (QED) is 0.689. The van der Waals surface area contributed by atoms with Crippen LogP contribution in [0.2, 0.25) is 0 Å². The monoisotopic (exact) mass is 233 g/mol. The second kappa shape index (κ2) is 7.10. The summed E-state index contributed by atoms with van der Waals surface area (Å²) in [6, 6.07) is 9.98. The largest absolute Gasteiger partial charge is 0.345 e. The molecule has 94 valence electrons. The molecular formula is C15H23NO. The molecule has 0 fully saturated rings. The normalized spacial score (nSPS) is 12.2. The molecule has 1 aromatic rings. The number of rotatable bonds is 6. The maximum Gasteiger partial charge on any atom is 0.229 e. The Morgan fingerprint density at radius 3 is 2.47 bits per heavy atom. The minimum Gasteiger partial charge on any atom is -0.345 e. The lowest BCUT2D eigenvalue weighted by atomic mass is 10.00. The Morgan fingerprint density at radius 1 is 1.24 bits per heavy atom. The van der Waals surface area contributed by atoms with E-state index in [9.17, 15) is 4.79 Å². The number of benzene rings is 1. The first kappa shape index (κ1) is 13.8. The molecule has 0 aliphatic rings. The van der Waals surface area contributed by atoms with Gasteiger partial charge in [-0.1, -0.05) is 50.1 Å². The van der Waals surface area contributed by atoms with Gasteiger partial charge in [0.1, 0.15) is 0 Å². The molecule has 0 heterocycles. The third kappa shape index (κ3) is 4.22. The average Bonchev–Trinajstić information content (AvgIpc) is 2.38. The smallest absolute Gasteiger partial charge is 0.229 e. The lowest BCUT2D eigenvalue weighted by molar-refractivity contribution is -0.131. The first-order valence-electron chi connectivity index (χ1n) is 6.46. The van der Waals surface area contributed by atoms with E-state index >= 15 is 0 Å². The predicted octanol–water partition coefficient (Wildman–Crippen LogP) is 3.44. The highest BCUT2D eigenvalue weighted by molar-refractivity contribution is 5.83. The van der Waals surface area contributed by atoms with Gasteiger partial charge in [-0.25, -0.2) is 0 Å². The van der Waals surface area contributed by atoms with Gasteiger partial charge in [-0.15, -0.1) is 0 Å². The molecule has 0 radical (unpaired) electrons. The molecule has 0 bridgehead atoms. The Kier molecular flexibility index (Phi) is 5.75. The minimum absolute atomic E-state index is 0.0390. The van der Waals surface area contributed by atoms with Gasteiger partial charge in [-0.3, -0.25) is 4.79 Å². The summed E-state index contributed by atoms with van der Waals surface area (Å²) in [7, 11) is 1.90. The molecule has 1 atom stereocenters. The number of hydrogen-bond donors (Lipinski definition) is 0. The van der Waals surface area contributed by atoms with Gasteiger partial charge < -0.3 is 4.90 Å². The molecule has 0 spiro atoms. The summed E-state index contributed by atoms with van der Waals surface area (Å²) >= 11 is 0. The molecule has 0 aromatic heterocycles. The van der Waals surface area contributed by atoms with Crippen LogP contribution in [0.3, 0.4) is 0 Å². The maximum atomic E-state index is 12.2. The van der Waals surface area contributed by atoms with E-state index < -0.39 is 0 Å². The van der Waals surface area contributed by atoms with Crippen molar-refractivity contribution < 1.29 is 4.79 Å². The number of unbranched alkanes of at least 4 members (excludes halogenated alkanes) is 2. The van der Waals surface area contributed by atoms with Crippen LogP contribution < -0.4 is 0 Å². The van der Waals surface area contributed by atoms with E-state index in [0.29, 0.717) is 0 Å². The summed E-state index contributed by atoms with van der Waals surface area (Å²) in [6.07, 6.45) is 3.48. The summed E-state index contributed by atoms with van der Waals surface area (Å²) in [5.41, 5.74) is 1.10. The van der Waals surface area contributed by atoms with E-state index in [0.717, 1.165) is 18.5 Å². The minimum atomic E-state index is -0.0390. The molecule has 2 nitrogen and oxygen atoms in total. The Labute approximate surface area is 105 Å². The van der Waals surface area contributed by atoms with Gasteiger partial charge in [0.15, 0.2) is 0 Å². The van der Waals surface area contributed by atoms with Gasteiger partial charge in [-0.05, 0) is 18.9 Å². The average molecular weight is 233 g/mol. The lowest BCUT2D eigenvalue weighted by Gasteiger charge is -2.21. The van der Waals surface area contributed by atoms with Crippen molar-refractivity contribution in [2.45, 2.75) is 39.0 Å². The standard InChI is InChI=1S/C15H23NO/c1-4-5-9-12-16(3)15(17)13(2)14-10-7-6-8-11-14/h6-8,10-11,13H,4-5,9,12H2,1-3H3. The SMILES string of the molecule is CCCCCN(C)C(=O)C(C)c1ccccc1. The summed E-state index contributed by atoms with van der Waals surface area (Å²) < 4.78 is 0. The van der Waals surface area contributed by atoms with Crippen molar-refractivity contribution in [2.75, 3.05) is 13.6 Å². The highest BCUT2D eigenvalue weighted by Crippen LogP contribution is 2.17. The van der Waals surface area contributed by atoms with Gasteiger partial charge in [0.25, 0.3) is 0 Å². The molecule has 0 aliphatic carbocycles. The molecule has 0 saturated carbocycles. The predicted molar refractivity (Wildman–Crippen MR) is 72.0 cm³/mol. The maximum absolute atomic E-state index is 12.2. The van der Waals surface area contributed by atoms with Crippen molar-refractivity contribution in [1.82, 2.24) is 4.90 Å². The Morgan fingerprint density at radius 2 is 1.88 bits per heavy atom. The van der Waals surface area contributed by atoms with E-state index in [-0.39, 0.29) is 11.8 Å². The number of carbonyl (C=O) groups is 1. The van der Waals surface area contributed by atoms with Crippen molar-refractivity contribution >= 4 is 5.91 Å². The van der Waals surface area contributed by atoms with E-state index in [2.05, 4.69) is 6.92 Å². The van der Waals surface area contributed by atoms with Gasteiger partial charge in [0.05, 0.1) is 5.92 Å². The molecule has 0 N–H and O–H groups in total. The molecule has 0 aliphatic heterocycles. The molecular weight excluding hydrogens is 210 g/mol. The van der Waals surface area contributed by atoms with Gasteiger partial charge in [0.2, 0.25) is 5.91 Å². The molecule has 0 saturated heterocycles. The fourth-order valence-corrected chi connectivity index (χ4v) is 1.92. The number of hydrogen-bond acceptors (Lipinski definition) is 1. The fraction of sp³-hybridized carbons (Fsp3) is 0.533. The van der Waals surface area contributed by atoms with Crippen LogP contribution in [0.25, 0.3) is 0 Å². The van der Waals surface area contributed by atoms with Crippen molar-refractivity contribution in [1.29, 1.82) is 0 Å². The van der Waals surface area contributed by atoms with E-state index in [1.807, 2.05) is 49.2 Å². The third-order valence-electron chi connectivity index (χ3n) is 3.14. The van der Waals surface area contributed by atoms with Crippen LogP contribution in [-0.2, 0) is 4.79 Å². The van der Waals surface area contributed by atoms with E-state index in [1.165, 1.54) is 12.8 Å². The van der Waals surface area contributed by atoms with E-state index in [4.69, 9.17) is 0 Å². The summed E-state index contributed by atoms with van der Waals surface area (Å²) in [5, 5.41) is 0. The van der Waals surface area contributed by atoms with Crippen LogP contribution in [-0.4, -0.2) is 24.4 Å². The number of likely N-dealkylation sites (N-methyl/N-ethyl adjacent to an activating group) is 1. The van der Waals surface area contributed by atoms with Crippen LogP contribution in [0.4, 0.5) is 0 Å². The Balaban J connectivity index is 2.51. The number of nitrogens with zero attached hydrogens (tertiary/aromatic N) is 1. The van der Waals surface area contributed by atoms with Crippen molar-refractivity contribution in [2.24, 2.45) is 0 Å². The van der Waals surface area contributed by atoms with Gasteiger partial charge in [0, 0.05) is 13.6 Å². The van der Waals surface area contributed by atoms with Crippen molar-refractivity contribution in [3.63, 3.8) is 0 Å². The highest BCUT2D eigenvalue weighted by atomic mass is 16.2. The van der Waals surface area contributed by atoms with E-state index in [1.54, 1.807) is 0 Å². The fourth-order valence-electron chi connectivity index (χ4n) is 1.92. The van der Waals surface area contributed by atoms with Crippen LogP contribution in [0, 0.1) is 0 Å². The topological polar surface area (TPSA) is 20.3 Å². The zero-order valence-electron chi connectivity index (χ0n) is 11.1. The van der Waals surface area contributed by atoms with Gasteiger partial charge in [-0.2, -0.15) is 0 Å². The van der Waals surface area contributed by atoms with Crippen LogP contribution in [0.1, 0.15) is 44.6 Å². The van der Waals surface area contributed by atoms with Crippen molar-refractivity contribution in [3.8, 4) is 0 Å². The van der Waals surface area contributed by atoms with Crippen LogP contribution >= 0.6 is 0 Å². The summed E-state index contributed by atoms with van der Waals surface area (Å²) in [6.45, 7) is 5.02. The number of carbonyl (C=O) groups excluding carboxylic acids is 1. The Hall–Kier alpha value is -1.31. The van der Waals surface area contributed by atoms with Crippen LogP contribution in [0.15, 0.2) is 30.3 Å². The van der Waals surface area contributed by atoms with Gasteiger partial charge >= 0.3 is 0 Å². The summed E-state index contributed by atoms with van der Waals surface area (Å²) in [4.78, 5) is 14.0. The Bertz CT molecular complexity index is 334. The number of amides is 1. The first-order chi connectivity index (χ1) is 8.16. The second-order valence-electron chi connectivity index (χ2n) is 4.60. The second-order valence-corrected chi connectivity index (χ2v) is 4.60. The van der Waals surface area contributed by atoms with Crippen LogP contribution in [0.5, 0.6) is 0 Å². The highest BCUT2D eigenvalue weighted by Gasteiger charge is 2.18. The van der Waals surface area contributed by atoms with Crippen molar-refractivity contribution in [3.05, 3.63) is 35.9 Å². The molecule has 1 amide bonds. The zero-order valence-corrected chi connectivity index (χ0v) is 11.1. The third-order valence-corrected chi connectivity index (χ3v) is 3.14. The molecule has 1 aromatic carbocycles. The lowest BCUT2D eigenvalue weighted by Crippen LogP contribution is -2.31. The molecule has 1 unspecified atom stereocenters. The zero-order chi connectivity index (χ0) is 12.7.